The third-order valence-electron chi connectivity index (χ3n) is 1.12. The van der Waals surface area contributed by atoms with Gasteiger partial charge in [-0.2, -0.15) is 4.99 Å². The van der Waals surface area contributed by atoms with Gasteiger partial charge in [-0.25, -0.2) is 0 Å². The molecule has 0 aliphatic carbocycles. The Kier molecular flexibility index (Phi) is 4.26. The van der Waals surface area contributed by atoms with Gasteiger partial charge in [0.25, 0.3) is 5.91 Å². The topological polar surface area (TPSA) is 41.5 Å². The second-order valence-corrected chi connectivity index (χ2v) is 2.62. The molecule has 3 nitrogen and oxygen atoms in total. The first-order chi connectivity index (χ1) is 4.24. The van der Waals surface area contributed by atoms with Crippen LogP contribution in [0.4, 0.5) is 0 Å². The van der Waals surface area contributed by atoms with E-state index < -0.39 is 0 Å². The number of amidine groups is 1. The van der Waals surface area contributed by atoms with Gasteiger partial charge in [-0.3, -0.25) is 4.79 Å². The molecule has 0 aromatic rings. The normalized spacial score (nSPS) is 23.2. The maximum atomic E-state index is 10.7. The van der Waals surface area contributed by atoms with Crippen molar-refractivity contribution in [1.29, 1.82) is 0 Å². The maximum absolute atomic E-state index is 10.7. The van der Waals surface area contributed by atoms with Crippen molar-refractivity contribution < 1.29 is 4.79 Å². The fourth-order valence-corrected chi connectivity index (χ4v) is 1.06. The Morgan fingerprint density at radius 2 is 2.30 bits per heavy atom. The number of nitrogens with one attached hydrogen (secondary N) is 1. The van der Waals surface area contributed by atoms with Crippen molar-refractivity contribution in [3.05, 3.63) is 0 Å². The van der Waals surface area contributed by atoms with Crippen LogP contribution in [0.1, 0.15) is 6.92 Å². The minimum absolute atomic E-state index is 0. The molecule has 0 radical (unpaired) electrons. The molecule has 10 heavy (non-hydrogen) atoms. The Hall–Kier alpha value is 0.220. The largest absolute Gasteiger partial charge is 0.353 e. The van der Waals surface area contributed by atoms with Crippen LogP contribution in [-0.2, 0) is 4.79 Å². The summed E-state index contributed by atoms with van der Waals surface area (Å²) in [4.78, 5) is 14.4. The molecule has 1 rings (SSSR count). The Bertz CT molecular complexity index is 171. The summed E-state index contributed by atoms with van der Waals surface area (Å²) in [6.07, 6.45) is 1.89. The summed E-state index contributed by atoms with van der Waals surface area (Å²) in [5.41, 5.74) is 0. The Balaban J connectivity index is 0.000000810. The molecule has 1 amide bonds. The van der Waals surface area contributed by atoms with E-state index in [1.807, 2.05) is 6.26 Å². The number of amides is 1. The van der Waals surface area contributed by atoms with Gasteiger partial charge in [0, 0.05) is 0 Å². The average Bonchev–Trinajstić information content (AvgIpc) is 2.13. The highest BCUT2D eigenvalue weighted by atomic mass is 127. The maximum Gasteiger partial charge on any atom is 0.270 e. The van der Waals surface area contributed by atoms with Crippen molar-refractivity contribution in [3.63, 3.8) is 0 Å². The van der Waals surface area contributed by atoms with Crippen molar-refractivity contribution in [2.75, 3.05) is 6.26 Å². The number of hydrogen-bond acceptors (Lipinski definition) is 3. The molecule has 1 aliphatic heterocycles. The van der Waals surface area contributed by atoms with E-state index in [1.165, 1.54) is 11.8 Å². The summed E-state index contributed by atoms with van der Waals surface area (Å²) in [7, 11) is 0. The number of carbonyl (C=O) groups excluding carboxylic acids is 1. The molecule has 5 heteroatoms. The van der Waals surface area contributed by atoms with Gasteiger partial charge in [-0.15, -0.1) is 24.0 Å². The zero-order chi connectivity index (χ0) is 6.85. The molecule has 0 saturated heterocycles. The molecule has 0 aromatic heterocycles. The number of halogens is 1. The summed E-state index contributed by atoms with van der Waals surface area (Å²) >= 11 is 1.46. The molecule has 1 aliphatic rings. The quantitative estimate of drug-likeness (QED) is 0.664. The molecule has 0 aromatic carbocycles. The van der Waals surface area contributed by atoms with Crippen LogP contribution in [0, 0.1) is 0 Å². The average molecular weight is 272 g/mol. The lowest BCUT2D eigenvalue weighted by molar-refractivity contribution is -0.118. The van der Waals surface area contributed by atoms with Crippen LogP contribution >= 0.6 is 35.7 Å². The van der Waals surface area contributed by atoms with Crippen LogP contribution < -0.4 is 5.32 Å². The van der Waals surface area contributed by atoms with E-state index in [9.17, 15) is 4.79 Å². The smallest absolute Gasteiger partial charge is 0.270 e. The predicted octanol–water partition coefficient (Wildman–Crippen LogP) is 0.842. The molecule has 1 N–H and O–H groups in total. The lowest BCUT2D eigenvalue weighted by Gasteiger charge is -1.99. The van der Waals surface area contributed by atoms with Gasteiger partial charge < -0.3 is 5.32 Å². The highest BCUT2D eigenvalue weighted by molar-refractivity contribution is 14.0. The van der Waals surface area contributed by atoms with E-state index >= 15 is 0 Å². The van der Waals surface area contributed by atoms with Crippen LogP contribution in [0.25, 0.3) is 0 Å². The first-order valence-corrected chi connectivity index (χ1v) is 3.89. The minimum atomic E-state index is -0.118. The summed E-state index contributed by atoms with van der Waals surface area (Å²) in [5.74, 6) is -0.0700. The van der Waals surface area contributed by atoms with E-state index in [4.69, 9.17) is 0 Å². The van der Waals surface area contributed by atoms with Gasteiger partial charge in [0.15, 0.2) is 5.17 Å². The molecule has 58 valence electrons. The standard InChI is InChI=1S/C5H8N2OS.HI/c1-3-4(8)7-5(6-3)9-2;/h3H,1-2H3,(H,6,7,8);1H. The number of rotatable bonds is 0. The highest BCUT2D eigenvalue weighted by Gasteiger charge is 2.20. The number of nitrogens with zero attached hydrogens (tertiary/aromatic N) is 1. The second-order valence-electron chi connectivity index (χ2n) is 1.83. The van der Waals surface area contributed by atoms with Gasteiger partial charge in [-0.1, -0.05) is 11.8 Å². The highest BCUT2D eigenvalue weighted by Crippen LogP contribution is 2.04. The molecule has 0 saturated carbocycles. The number of carbonyl (C=O) groups is 1. The Labute approximate surface area is 81.1 Å². The SMILES string of the molecule is CSC1=NC(=O)C(C)N1.I. The third kappa shape index (κ3) is 2.12. The number of aliphatic imine (C=N–C) groups is 1. The Morgan fingerprint density at radius 3 is 2.50 bits per heavy atom. The van der Waals surface area contributed by atoms with Gasteiger partial charge in [0.05, 0.1) is 0 Å². The lowest BCUT2D eigenvalue weighted by atomic mass is 10.4. The summed E-state index contributed by atoms with van der Waals surface area (Å²) < 4.78 is 0. The zero-order valence-electron chi connectivity index (χ0n) is 5.75. The third-order valence-corrected chi connectivity index (χ3v) is 1.71. The molecule has 0 bridgehead atoms. The van der Waals surface area contributed by atoms with Crippen molar-refractivity contribution in [2.24, 2.45) is 4.99 Å². The van der Waals surface area contributed by atoms with E-state index in [-0.39, 0.29) is 35.9 Å². The summed E-state index contributed by atoms with van der Waals surface area (Å²) in [6, 6.07) is -0.118. The van der Waals surface area contributed by atoms with Crippen molar-refractivity contribution >= 4 is 46.8 Å². The van der Waals surface area contributed by atoms with E-state index in [0.717, 1.165) is 5.17 Å². The van der Waals surface area contributed by atoms with Crippen LogP contribution in [0.5, 0.6) is 0 Å². The monoisotopic (exact) mass is 272 g/mol. The van der Waals surface area contributed by atoms with Crippen LogP contribution in [0.3, 0.4) is 0 Å². The molecule has 0 fully saturated rings. The van der Waals surface area contributed by atoms with Crippen LogP contribution in [0.15, 0.2) is 4.99 Å². The van der Waals surface area contributed by atoms with Gasteiger partial charge in [0.1, 0.15) is 6.04 Å². The van der Waals surface area contributed by atoms with Gasteiger partial charge >= 0.3 is 0 Å². The van der Waals surface area contributed by atoms with Crippen molar-refractivity contribution in [2.45, 2.75) is 13.0 Å². The Morgan fingerprint density at radius 1 is 1.70 bits per heavy atom. The van der Waals surface area contributed by atoms with Gasteiger partial charge in [0.2, 0.25) is 0 Å². The minimum Gasteiger partial charge on any atom is -0.353 e. The van der Waals surface area contributed by atoms with E-state index in [2.05, 4.69) is 10.3 Å². The fraction of sp³-hybridized carbons (Fsp3) is 0.600. The van der Waals surface area contributed by atoms with E-state index in [0.29, 0.717) is 0 Å². The first-order valence-electron chi connectivity index (χ1n) is 2.67. The van der Waals surface area contributed by atoms with Crippen LogP contribution in [-0.4, -0.2) is 23.4 Å². The van der Waals surface area contributed by atoms with Gasteiger partial charge in [-0.05, 0) is 13.2 Å². The first kappa shape index (κ1) is 10.2. The van der Waals surface area contributed by atoms with Crippen molar-refractivity contribution in [3.8, 4) is 0 Å². The fourth-order valence-electron chi connectivity index (χ4n) is 0.581. The molecule has 1 atom stereocenters. The molecule has 0 spiro atoms. The van der Waals surface area contributed by atoms with Crippen LogP contribution in [0.2, 0.25) is 0 Å². The van der Waals surface area contributed by atoms with Crippen molar-refractivity contribution in [1.82, 2.24) is 5.32 Å². The molecular weight excluding hydrogens is 263 g/mol. The zero-order valence-corrected chi connectivity index (χ0v) is 8.90. The number of thioether (sulfide) groups is 1. The predicted molar refractivity (Wildman–Crippen MR) is 54.0 cm³/mol. The summed E-state index contributed by atoms with van der Waals surface area (Å²) in [6.45, 7) is 1.80. The molecule has 1 heterocycles. The van der Waals surface area contributed by atoms with E-state index in [1.54, 1.807) is 6.92 Å². The lowest BCUT2D eigenvalue weighted by Crippen LogP contribution is -2.27. The molecular formula is C5H9IN2OS. The summed E-state index contributed by atoms with van der Waals surface area (Å²) in [5, 5.41) is 3.65. The number of hydrogen-bond donors (Lipinski definition) is 1. The second kappa shape index (κ2) is 4.17. The molecule has 1 unspecified atom stereocenters.